The van der Waals surface area contributed by atoms with Gasteiger partial charge in [0.1, 0.15) is 5.82 Å². The van der Waals surface area contributed by atoms with Crippen LogP contribution >= 0.6 is 0 Å². The summed E-state index contributed by atoms with van der Waals surface area (Å²) in [4.78, 5) is 3.97. The van der Waals surface area contributed by atoms with Crippen molar-refractivity contribution in [1.29, 1.82) is 0 Å². The summed E-state index contributed by atoms with van der Waals surface area (Å²) in [5.41, 5.74) is 6.52. The Hall–Kier alpha value is -1.84. The molecule has 0 aliphatic carbocycles. The van der Waals surface area contributed by atoms with Gasteiger partial charge in [0.15, 0.2) is 0 Å². The predicted octanol–water partition coefficient (Wildman–Crippen LogP) is 0.849. The zero-order valence-electron chi connectivity index (χ0n) is 6.38. The second-order valence-electron chi connectivity index (χ2n) is 2.38. The van der Waals surface area contributed by atoms with E-state index in [1.165, 1.54) is 0 Å². The molecule has 0 bridgehead atoms. The van der Waals surface area contributed by atoms with Gasteiger partial charge in [-0.25, -0.2) is 4.68 Å². The quantitative estimate of drug-likeness (QED) is 0.672. The largest absolute Gasteiger partial charge is 0.384 e. The van der Waals surface area contributed by atoms with Crippen molar-refractivity contribution < 1.29 is 0 Å². The van der Waals surface area contributed by atoms with Crippen molar-refractivity contribution in [1.82, 2.24) is 14.8 Å². The molecule has 2 aromatic heterocycles. The molecule has 2 N–H and O–H groups in total. The highest BCUT2D eigenvalue weighted by molar-refractivity contribution is 5.38. The molecule has 0 aliphatic heterocycles. The smallest absolute Gasteiger partial charge is 0.127 e. The standard InChI is InChI=1S/C8H8N4/c9-8-3-5-11-12(8)7-2-1-4-10-6-7/h1-6H,9H2. The molecule has 0 spiro atoms. The molecule has 2 rings (SSSR count). The summed E-state index contributed by atoms with van der Waals surface area (Å²) in [6.45, 7) is 0. The maximum Gasteiger partial charge on any atom is 0.127 e. The van der Waals surface area contributed by atoms with E-state index in [-0.39, 0.29) is 0 Å². The van der Waals surface area contributed by atoms with Crippen molar-refractivity contribution in [2.45, 2.75) is 0 Å². The molecule has 4 nitrogen and oxygen atoms in total. The molecule has 0 fully saturated rings. The molecule has 0 saturated carbocycles. The van der Waals surface area contributed by atoms with Gasteiger partial charge in [-0.1, -0.05) is 0 Å². The van der Waals surface area contributed by atoms with Gasteiger partial charge in [0, 0.05) is 12.3 Å². The van der Waals surface area contributed by atoms with Gasteiger partial charge in [0.2, 0.25) is 0 Å². The molecule has 2 aromatic rings. The molecule has 0 amide bonds. The van der Waals surface area contributed by atoms with E-state index in [2.05, 4.69) is 10.1 Å². The highest BCUT2D eigenvalue weighted by Crippen LogP contribution is 2.08. The Kier molecular flexibility index (Phi) is 1.51. The minimum Gasteiger partial charge on any atom is -0.384 e. The number of nitrogens with two attached hydrogens (primary N) is 1. The van der Waals surface area contributed by atoms with Crippen LogP contribution in [0.1, 0.15) is 0 Å². The molecule has 0 saturated heterocycles. The number of aromatic nitrogens is 3. The van der Waals surface area contributed by atoms with Gasteiger partial charge < -0.3 is 5.73 Å². The van der Waals surface area contributed by atoms with E-state index >= 15 is 0 Å². The predicted molar refractivity (Wildman–Crippen MR) is 45.8 cm³/mol. The Balaban J connectivity index is 2.51. The van der Waals surface area contributed by atoms with Crippen molar-refractivity contribution in [3.8, 4) is 5.69 Å². The first-order chi connectivity index (χ1) is 5.88. The van der Waals surface area contributed by atoms with Gasteiger partial charge in [-0.05, 0) is 12.1 Å². The third-order valence-corrected chi connectivity index (χ3v) is 1.56. The summed E-state index contributed by atoms with van der Waals surface area (Å²) in [5, 5.41) is 4.04. The van der Waals surface area contributed by atoms with Crippen molar-refractivity contribution in [2.75, 3.05) is 5.73 Å². The van der Waals surface area contributed by atoms with E-state index < -0.39 is 0 Å². The Morgan fingerprint density at radius 1 is 1.25 bits per heavy atom. The number of pyridine rings is 1. The maximum atomic E-state index is 5.65. The SMILES string of the molecule is Nc1ccnn1-c1cccnc1. The number of nitrogens with zero attached hydrogens (tertiary/aromatic N) is 3. The van der Waals surface area contributed by atoms with Crippen molar-refractivity contribution >= 4 is 5.82 Å². The summed E-state index contributed by atoms with van der Waals surface area (Å²) in [6.07, 6.45) is 5.08. The Labute approximate surface area is 69.7 Å². The zero-order valence-corrected chi connectivity index (χ0v) is 6.38. The van der Waals surface area contributed by atoms with Gasteiger partial charge >= 0.3 is 0 Å². The molecule has 60 valence electrons. The molecule has 0 aliphatic rings. The lowest BCUT2D eigenvalue weighted by Gasteiger charge is -2.01. The maximum absolute atomic E-state index is 5.65. The van der Waals surface area contributed by atoms with Crippen LogP contribution in [-0.2, 0) is 0 Å². The summed E-state index contributed by atoms with van der Waals surface area (Å²) in [6, 6.07) is 5.49. The minimum atomic E-state index is 0.614. The monoisotopic (exact) mass is 160 g/mol. The molecule has 4 heteroatoms. The minimum absolute atomic E-state index is 0.614. The van der Waals surface area contributed by atoms with Crippen LogP contribution in [0.2, 0.25) is 0 Å². The average Bonchev–Trinajstić information content (AvgIpc) is 2.53. The number of hydrogen-bond acceptors (Lipinski definition) is 3. The van der Waals surface area contributed by atoms with Gasteiger partial charge in [-0.15, -0.1) is 0 Å². The lowest BCUT2D eigenvalue weighted by molar-refractivity contribution is 0.884. The normalized spacial score (nSPS) is 10.0. The van der Waals surface area contributed by atoms with Gasteiger partial charge in [0.25, 0.3) is 0 Å². The molecule has 2 heterocycles. The lowest BCUT2D eigenvalue weighted by atomic mass is 10.4. The fraction of sp³-hybridized carbons (Fsp3) is 0. The fourth-order valence-corrected chi connectivity index (χ4v) is 1.01. The molecular weight excluding hydrogens is 152 g/mol. The summed E-state index contributed by atoms with van der Waals surface area (Å²) < 4.78 is 1.63. The average molecular weight is 160 g/mol. The fourth-order valence-electron chi connectivity index (χ4n) is 1.01. The van der Waals surface area contributed by atoms with Crippen LogP contribution < -0.4 is 5.73 Å². The van der Waals surface area contributed by atoms with Crippen LogP contribution in [0.15, 0.2) is 36.8 Å². The van der Waals surface area contributed by atoms with Crippen LogP contribution in [0.5, 0.6) is 0 Å². The molecular formula is C8H8N4. The molecule has 0 unspecified atom stereocenters. The van der Waals surface area contributed by atoms with Crippen LogP contribution in [0, 0.1) is 0 Å². The molecule has 12 heavy (non-hydrogen) atoms. The van der Waals surface area contributed by atoms with Gasteiger partial charge in [0.05, 0.1) is 18.1 Å². The van der Waals surface area contributed by atoms with Gasteiger partial charge in [-0.3, -0.25) is 4.98 Å². The van der Waals surface area contributed by atoms with Crippen LogP contribution in [0.25, 0.3) is 5.69 Å². The Morgan fingerprint density at radius 2 is 2.17 bits per heavy atom. The lowest BCUT2D eigenvalue weighted by Crippen LogP contribution is -2.01. The third-order valence-electron chi connectivity index (χ3n) is 1.56. The number of anilines is 1. The first kappa shape index (κ1) is 6.84. The van der Waals surface area contributed by atoms with E-state index in [0.717, 1.165) is 5.69 Å². The van der Waals surface area contributed by atoms with E-state index in [1.807, 2.05) is 12.1 Å². The second kappa shape index (κ2) is 2.65. The van der Waals surface area contributed by atoms with Crippen LogP contribution in [0.4, 0.5) is 5.82 Å². The highest BCUT2D eigenvalue weighted by atomic mass is 15.3. The van der Waals surface area contributed by atoms with E-state index in [0.29, 0.717) is 5.82 Å². The van der Waals surface area contributed by atoms with Gasteiger partial charge in [-0.2, -0.15) is 5.10 Å². The third kappa shape index (κ3) is 1.03. The Morgan fingerprint density at radius 3 is 2.75 bits per heavy atom. The van der Waals surface area contributed by atoms with Crippen molar-refractivity contribution in [2.24, 2.45) is 0 Å². The molecule has 0 radical (unpaired) electrons. The second-order valence-corrected chi connectivity index (χ2v) is 2.38. The van der Waals surface area contributed by atoms with E-state index in [9.17, 15) is 0 Å². The Bertz CT molecular complexity index is 366. The topological polar surface area (TPSA) is 56.7 Å². The zero-order chi connectivity index (χ0) is 8.39. The summed E-state index contributed by atoms with van der Waals surface area (Å²) in [7, 11) is 0. The van der Waals surface area contributed by atoms with Crippen molar-refractivity contribution in [3.05, 3.63) is 36.8 Å². The highest BCUT2D eigenvalue weighted by Gasteiger charge is 1.98. The van der Waals surface area contributed by atoms with Crippen molar-refractivity contribution in [3.63, 3.8) is 0 Å². The summed E-state index contributed by atoms with van der Waals surface area (Å²) >= 11 is 0. The first-order valence-corrected chi connectivity index (χ1v) is 3.58. The van der Waals surface area contributed by atoms with Crippen LogP contribution in [-0.4, -0.2) is 14.8 Å². The molecule has 0 aromatic carbocycles. The first-order valence-electron chi connectivity index (χ1n) is 3.58. The number of rotatable bonds is 1. The number of hydrogen-bond donors (Lipinski definition) is 1. The molecule has 0 atom stereocenters. The number of nitrogen functional groups attached to an aromatic ring is 1. The van der Waals surface area contributed by atoms with E-state index in [4.69, 9.17) is 5.73 Å². The van der Waals surface area contributed by atoms with Crippen LogP contribution in [0.3, 0.4) is 0 Å². The summed E-state index contributed by atoms with van der Waals surface area (Å²) in [5.74, 6) is 0.614. The van der Waals surface area contributed by atoms with E-state index in [1.54, 1.807) is 29.3 Å².